The Kier molecular flexibility index (Phi) is 4.08. The van der Waals surface area contributed by atoms with Crippen LogP contribution in [0.1, 0.15) is 44.1 Å². The number of hydrogen-bond acceptors (Lipinski definition) is 3. The van der Waals surface area contributed by atoms with Crippen molar-refractivity contribution in [1.82, 2.24) is 10.3 Å². The first-order chi connectivity index (χ1) is 12.6. The van der Waals surface area contributed by atoms with E-state index in [0.717, 1.165) is 19.3 Å². The van der Waals surface area contributed by atoms with Crippen LogP contribution in [0, 0.1) is 17.8 Å². The molecule has 0 aliphatic heterocycles. The third kappa shape index (κ3) is 3.46. The minimum Gasteiger partial charge on any atom is -0.342 e. The molecule has 5 rings (SSSR count). The van der Waals surface area contributed by atoms with E-state index in [9.17, 15) is 27.6 Å². The maximum Gasteiger partial charge on any atom is 0.417 e. The Morgan fingerprint density at radius 1 is 1.04 bits per heavy atom. The summed E-state index contributed by atoms with van der Waals surface area (Å²) >= 11 is 0. The van der Waals surface area contributed by atoms with Crippen LogP contribution in [0.15, 0.2) is 17.1 Å². The Morgan fingerprint density at radius 2 is 1.59 bits per heavy atom. The van der Waals surface area contributed by atoms with Crippen molar-refractivity contribution in [1.29, 1.82) is 0 Å². The number of rotatable bonds is 2. The van der Waals surface area contributed by atoms with Crippen molar-refractivity contribution in [3.05, 3.63) is 28.2 Å². The quantitative estimate of drug-likeness (QED) is 0.685. The molecule has 0 aromatic carbocycles. The summed E-state index contributed by atoms with van der Waals surface area (Å²) in [5.41, 5.74) is -3.02. The van der Waals surface area contributed by atoms with Crippen molar-refractivity contribution in [2.24, 2.45) is 17.8 Å². The number of alkyl halides is 3. The highest BCUT2D eigenvalue weighted by Crippen LogP contribution is 2.55. The SMILES string of the molecule is O=C(Nc1cc(C(F)(F)F)c[nH]c1=O)C(=O)NC12CC3CC(CC(C3)C1)C2. The van der Waals surface area contributed by atoms with Crippen molar-refractivity contribution in [2.75, 3.05) is 5.32 Å². The average molecular weight is 383 g/mol. The van der Waals surface area contributed by atoms with Gasteiger partial charge in [-0.25, -0.2) is 0 Å². The van der Waals surface area contributed by atoms with Gasteiger partial charge < -0.3 is 15.6 Å². The molecular weight excluding hydrogens is 363 g/mol. The molecule has 3 N–H and O–H groups in total. The first-order valence-corrected chi connectivity index (χ1v) is 9.07. The fourth-order valence-corrected chi connectivity index (χ4v) is 5.48. The number of nitrogens with one attached hydrogen (secondary N) is 3. The van der Waals surface area contributed by atoms with Gasteiger partial charge in [0.2, 0.25) is 0 Å². The van der Waals surface area contributed by atoms with E-state index < -0.39 is 40.3 Å². The molecular formula is C18H20F3N3O3. The van der Waals surface area contributed by atoms with Crippen LogP contribution < -0.4 is 16.2 Å². The normalized spacial score (nSPS) is 31.6. The van der Waals surface area contributed by atoms with Gasteiger partial charge in [-0.05, 0) is 62.3 Å². The number of carbonyl (C=O) groups is 2. The Balaban J connectivity index is 1.46. The number of halogens is 3. The van der Waals surface area contributed by atoms with Gasteiger partial charge in [-0.3, -0.25) is 14.4 Å². The Hall–Kier alpha value is -2.32. The first-order valence-electron chi connectivity index (χ1n) is 9.07. The van der Waals surface area contributed by atoms with Gasteiger partial charge in [0.25, 0.3) is 5.56 Å². The predicted octanol–water partition coefficient (Wildman–Crippen LogP) is 2.42. The molecule has 6 nitrogen and oxygen atoms in total. The highest BCUT2D eigenvalue weighted by molar-refractivity contribution is 6.39. The minimum absolute atomic E-state index is 0.399. The van der Waals surface area contributed by atoms with Gasteiger partial charge in [0, 0.05) is 11.7 Å². The molecule has 4 aliphatic rings. The van der Waals surface area contributed by atoms with E-state index in [0.29, 0.717) is 30.0 Å². The van der Waals surface area contributed by atoms with Gasteiger partial charge in [-0.15, -0.1) is 0 Å². The Labute approximate surface area is 152 Å². The predicted molar refractivity (Wildman–Crippen MR) is 89.7 cm³/mol. The number of hydrogen-bond donors (Lipinski definition) is 3. The molecule has 0 atom stereocenters. The molecule has 146 valence electrons. The van der Waals surface area contributed by atoms with Gasteiger partial charge in [-0.2, -0.15) is 13.2 Å². The van der Waals surface area contributed by atoms with Crippen LogP contribution in [0.3, 0.4) is 0 Å². The summed E-state index contributed by atoms with van der Waals surface area (Å²) in [6.45, 7) is 0. The molecule has 4 aliphatic carbocycles. The van der Waals surface area contributed by atoms with Crippen LogP contribution in [-0.4, -0.2) is 22.3 Å². The van der Waals surface area contributed by atoms with Crippen LogP contribution in [0.25, 0.3) is 0 Å². The van der Waals surface area contributed by atoms with Crippen LogP contribution in [0.4, 0.5) is 18.9 Å². The van der Waals surface area contributed by atoms with Crippen LogP contribution in [0.2, 0.25) is 0 Å². The van der Waals surface area contributed by atoms with Crippen LogP contribution >= 0.6 is 0 Å². The first kappa shape index (κ1) is 18.1. The molecule has 2 amide bonds. The summed E-state index contributed by atoms with van der Waals surface area (Å²) in [5.74, 6) is -0.355. The van der Waals surface area contributed by atoms with E-state index in [-0.39, 0.29) is 0 Å². The zero-order valence-electron chi connectivity index (χ0n) is 14.5. The minimum atomic E-state index is -4.68. The number of pyridine rings is 1. The third-order valence-electron chi connectivity index (χ3n) is 6.10. The molecule has 0 radical (unpaired) electrons. The van der Waals surface area contributed by atoms with Crippen molar-refractivity contribution in [2.45, 2.75) is 50.2 Å². The molecule has 0 spiro atoms. The Morgan fingerprint density at radius 3 is 2.11 bits per heavy atom. The third-order valence-corrected chi connectivity index (χ3v) is 6.10. The molecule has 27 heavy (non-hydrogen) atoms. The van der Waals surface area contributed by atoms with E-state index in [1.54, 1.807) is 0 Å². The number of amides is 2. The summed E-state index contributed by atoms with van der Waals surface area (Å²) in [7, 11) is 0. The molecule has 4 fully saturated rings. The number of H-pyrrole nitrogens is 1. The standard InChI is InChI=1S/C18H20F3N3O3/c19-18(20,21)12-4-13(14(25)22-8-12)23-15(26)16(27)24-17-5-9-1-10(6-17)3-11(2-9)7-17/h4,8-11H,1-3,5-7H2,(H,22,25)(H,23,26)(H,24,27). The second kappa shape index (κ2) is 6.10. The maximum atomic E-state index is 12.8. The topological polar surface area (TPSA) is 91.1 Å². The molecule has 1 heterocycles. The molecule has 0 unspecified atom stereocenters. The molecule has 4 saturated carbocycles. The van der Waals surface area contributed by atoms with Crippen LogP contribution in [-0.2, 0) is 15.8 Å². The summed E-state index contributed by atoms with van der Waals surface area (Å²) in [4.78, 5) is 38.2. The lowest BCUT2D eigenvalue weighted by Crippen LogP contribution is -2.61. The summed E-state index contributed by atoms with van der Waals surface area (Å²) in [6, 6.07) is 0.523. The Bertz CT molecular complexity index is 811. The van der Waals surface area contributed by atoms with Crippen LogP contribution in [0.5, 0.6) is 0 Å². The highest BCUT2D eigenvalue weighted by Gasteiger charge is 2.51. The summed E-state index contributed by atoms with van der Waals surface area (Å²) in [6.07, 6.45) is 1.86. The fourth-order valence-electron chi connectivity index (χ4n) is 5.48. The average Bonchev–Trinajstić information content (AvgIpc) is 2.54. The molecule has 9 heteroatoms. The zero-order valence-corrected chi connectivity index (χ0v) is 14.5. The van der Waals surface area contributed by atoms with Crippen molar-refractivity contribution in [3.63, 3.8) is 0 Å². The summed E-state index contributed by atoms with van der Waals surface area (Å²) < 4.78 is 38.3. The zero-order chi connectivity index (χ0) is 19.4. The smallest absolute Gasteiger partial charge is 0.342 e. The lowest BCUT2D eigenvalue weighted by atomic mass is 9.53. The summed E-state index contributed by atoms with van der Waals surface area (Å²) in [5, 5.41) is 4.83. The maximum absolute atomic E-state index is 12.8. The van der Waals surface area contributed by atoms with Crippen molar-refractivity contribution < 1.29 is 22.8 Å². The van der Waals surface area contributed by atoms with E-state index in [2.05, 4.69) is 5.32 Å². The number of aromatic nitrogens is 1. The van der Waals surface area contributed by atoms with E-state index in [1.807, 2.05) is 10.3 Å². The van der Waals surface area contributed by atoms with Gasteiger partial charge in [-0.1, -0.05) is 0 Å². The second-order valence-electron chi connectivity index (χ2n) is 8.24. The van der Waals surface area contributed by atoms with Gasteiger partial charge in [0.1, 0.15) is 5.69 Å². The molecule has 1 aromatic heterocycles. The monoisotopic (exact) mass is 383 g/mol. The van der Waals surface area contributed by atoms with Gasteiger partial charge >= 0.3 is 18.0 Å². The molecule has 4 bridgehead atoms. The van der Waals surface area contributed by atoms with E-state index in [4.69, 9.17) is 0 Å². The van der Waals surface area contributed by atoms with Gasteiger partial charge in [0.15, 0.2) is 0 Å². The van der Waals surface area contributed by atoms with Crippen molar-refractivity contribution in [3.8, 4) is 0 Å². The van der Waals surface area contributed by atoms with E-state index >= 15 is 0 Å². The second-order valence-corrected chi connectivity index (χ2v) is 8.24. The fraction of sp³-hybridized carbons (Fsp3) is 0.611. The highest BCUT2D eigenvalue weighted by atomic mass is 19.4. The number of aromatic amines is 1. The number of anilines is 1. The lowest BCUT2D eigenvalue weighted by molar-refractivity contribution is -0.139. The lowest BCUT2D eigenvalue weighted by Gasteiger charge is -2.56. The van der Waals surface area contributed by atoms with E-state index in [1.165, 1.54) is 19.3 Å². The molecule has 1 aromatic rings. The largest absolute Gasteiger partial charge is 0.417 e. The van der Waals surface area contributed by atoms with Gasteiger partial charge in [0.05, 0.1) is 5.56 Å². The number of carbonyl (C=O) groups excluding carboxylic acids is 2. The van der Waals surface area contributed by atoms with Crippen molar-refractivity contribution >= 4 is 17.5 Å². The molecule has 0 saturated heterocycles.